The van der Waals surface area contributed by atoms with Gasteiger partial charge >= 0.3 is 0 Å². The van der Waals surface area contributed by atoms with Crippen LogP contribution < -0.4 is 10.2 Å². The van der Waals surface area contributed by atoms with Gasteiger partial charge in [0.2, 0.25) is 0 Å². The topological polar surface area (TPSA) is 61.4 Å². The maximum Gasteiger partial charge on any atom is 0.270 e. The third-order valence-corrected chi connectivity index (χ3v) is 4.96. The van der Waals surface area contributed by atoms with Crippen LogP contribution in [0.3, 0.4) is 0 Å². The van der Waals surface area contributed by atoms with Crippen LogP contribution in [0, 0.1) is 12.7 Å². The van der Waals surface area contributed by atoms with E-state index in [1.807, 2.05) is 19.1 Å². The van der Waals surface area contributed by atoms with Gasteiger partial charge in [0.1, 0.15) is 23.2 Å². The number of nitrogens with zero attached hydrogens (tertiary/aromatic N) is 4. The highest BCUT2D eigenvalue weighted by atomic mass is 19.1. The molecule has 0 saturated carbocycles. The lowest BCUT2D eigenvalue weighted by Crippen LogP contribution is -2.47. The Morgan fingerprint density at radius 3 is 2.58 bits per heavy atom. The molecular formula is C19H22FN5O. The van der Waals surface area contributed by atoms with Crippen LogP contribution >= 0.6 is 0 Å². The lowest BCUT2D eigenvalue weighted by atomic mass is 10.1. The van der Waals surface area contributed by atoms with Crippen LogP contribution in [-0.4, -0.2) is 53.5 Å². The molecule has 0 unspecified atom stereocenters. The number of hydrogen-bond donors (Lipinski definition) is 1. The molecule has 3 heterocycles. The van der Waals surface area contributed by atoms with Gasteiger partial charge in [-0.1, -0.05) is 12.1 Å². The first kappa shape index (κ1) is 16.9. The monoisotopic (exact) mass is 355 g/mol. The Labute approximate surface area is 152 Å². The van der Waals surface area contributed by atoms with E-state index in [2.05, 4.69) is 25.1 Å². The summed E-state index contributed by atoms with van der Waals surface area (Å²) >= 11 is 0. The molecule has 2 aliphatic heterocycles. The fourth-order valence-electron chi connectivity index (χ4n) is 3.61. The quantitative estimate of drug-likeness (QED) is 0.905. The average Bonchev–Trinajstić information content (AvgIpc) is 2.65. The van der Waals surface area contributed by atoms with Gasteiger partial charge in [0, 0.05) is 44.8 Å². The molecule has 136 valence electrons. The largest absolute Gasteiger partial charge is 0.354 e. The summed E-state index contributed by atoms with van der Waals surface area (Å²) in [6.07, 6.45) is 0.770. The summed E-state index contributed by atoms with van der Waals surface area (Å²) in [6, 6.07) is 6.69. The minimum absolute atomic E-state index is 0.104. The Balaban J connectivity index is 1.47. The summed E-state index contributed by atoms with van der Waals surface area (Å²) < 4.78 is 13.0. The minimum Gasteiger partial charge on any atom is -0.354 e. The van der Waals surface area contributed by atoms with Gasteiger partial charge in [0.15, 0.2) is 0 Å². The first-order chi connectivity index (χ1) is 12.6. The molecule has 4 rings (SSSR count). The van der Waals surface area contributed by atoms with E-state index in [1.165, 1.54) is 12.1 Å². The molecule has 1 N–H and O–H groups in total. The zero-order valence-corrected chi connectivity index (χ0v) is 14.8. The molecule has 0 bridgehead atoms. The van der Waals surface area contributed by atoms with E-state index in [0.717, 1.165) is 56.1 Å². The van der Waals surface area contributed by atoms with Crippen LogP contribution in [0.4, 0.5) is 10.2 Å². The molecule has 0 radical (unpaired) electrons. The highest BCUT2D eigenvalue weighted by Crippen LogP contribution is 2.25. The van der Waals surface area contributed by atoms with Gasteiger partial charge in [0.05, 0.1) is 0 Å². The van der Waals surface area contributed by atoms with Gasteiger partial charge in [-0.15, -0.1) is 0 Å². The van der Waals surface area contributed by atoms with Crippen molar-refractivity contribution in [3.8, 4) is 0 Å². The maximum atomic E-state index is 13.0. The number of anilines is 1. The van der Waals surface area contributed by atoms with E-state index in [4.69, 9.17) is 0 Å². The molecule has 0 aliphatic carbocycles. The highest BCUT2D eigenvalue weighted by molar-refractivity contribution is 5.96. The molecule has 1 amide bonds. The van der Waals surface area contributed by atoms with Gasteiger partial charge in [-0.25, -0.2) is 14.4 Å². The van der Waals surface area contributed by atoms with Crippen LogP contribution in [0.5, 0.6) is 0 Å². The number of fused-ring (bicyclic) bond motifs is 1. The van der Waals surface area contributed by atoms with Crippen molar-refractivity contribution >= 4 is 11.7 Å². The van der Waals surface area contributed by atoms with Gasteiger partial charge in [-0.2, -0.15) is 0 Å². The van der Waals surface area contributed by atoms with Gasteiger partial charge < -0.3 is 10.2 Å². The summed E-state index contributed by atoms with van der Waals surface area (Å²) in [6.45, 7) is 6.80. The molecule has 6 nitrogen and oxygen atoms in total. The van der Waals surface area contributed by atoms with Crippen molar-refractivity contribution in [1.82, 2.24) is 20.2 Å². The van der Waals surface area contributed by atoms with E-state index in [0.29, 0.717) is 18.1 Å². The fraction of sp³-hybridized carbons (Fsp3) is 0.421. The number of halogens is 1. The zero-order chi connectivity index (χ0) is 18.1. The SMILES string of the molecule is Cc1nc2c(c(N3CCN(Cc4ccc(F)cc4)CC3)n1)CCNC2=O. The molecule has 1 saturated heterocycles. The van der Waals surface area contributed by atoms with Crippen molar-refractivity contribution in [2.75, 3.05) is 37.6 Å². The second-order valence-corrected chi connectivity index (χ2v) is 6.82. The Morgan fingerprint density at radius 1 is 1.12 bits per heavy atom. The molecule has 2 aliphatic rings. The standard InChI is InChI=1S/C19H22FN5O/c1-13-22-17-16(6-7-21-19(17)26)18(23-13)25-10-8-24(9-11-25)12-14-2-4-15(20)5-3-14/h2-5H,6-12H2,1H3,(H,21,26). The van der Waals surface area contributed by atoms with E-state index in [1.54, 1.807) is 0 Å². The number of carbonyl (C=O) groups excluding carboxylic acids is 1. The van der Waals surface area contributed by atoms with Crippen molar-refractivity contribution in [3.05, 3.63) is 52.7 Å². The Morgan fingerprint density at radius 2 is 1.85 bits per heavy atom. The number of amides is 1. The molecule has 1 aromatic carbocycles. The molecule has 0 atom stereocenters. The van der Waals surface area contributed by atoms with E-state index in [9.17, 15) is 9.18 Å². The molecule has 1 aromatic heterocycles. The predicted octanol–water partition coefficient (Wildman–Crippen LogP) is 1.53. The van der Waals surface area contributed by atoms with Crippen molar-refractivity contribution < 1.29 is 9.18 Å². The van der Waals surface area contributed by atoms with E-state index >= 15 is 0 Å². The third kappa shape index (κ3) is 3.39. The van der Waals surface area contributed by atoms with Crippen molar-refractivity contribution in [2.24, 2.45) is 0 Å². The smallest absolute Gasteiger partial charge is 0.270 e. The summed E-state index contributed by atoms with van der Waals surface area (Å²) in [5, 5.41) is 2.85. The summed E-state index contributed by atoms with van der Waals surface area (Å²) in [4.78, 5) is 25.7. The number of aryl methyl sites for hydroxylation is 1. The number of hydrogen-bond acceptors (Lipinski definition) is 5. The van der Waals surface area contributed by atoms with Crippen molar-refractivity contribution in [2.45, 2.75) is 19.9 Å². The van der Waals surface area contributed by atoms with Crippen LogP contribution in [0.2, 0.25) is 0 Å². The molecule has 2 aromatic rings. The minimum atomic E-state index is -0.202. The van der Waals surface area contributed by atoms with E-state index in [-0.39, 0.29) is 11.7 Å². The van der Waals surface area contributed by atoms with Crippen molar-refractivity contribution in [1.29, 1.82) is 0 Å². The lowest BCUT2D eigenvalue weighted by molar-refractivity contribution is 0.0940. The molecule has 26 heavy (non-hydrogen) atoms. The normalized spacial score (nSPS) is 17.8. The van der Waals surface area contributed by atoms with Gasteiger partial charge in [-0.05, 0) is 31.0 Å². The first-order valence-electron chi connectivity index (χ1n) is 8.97. The summed E-state index contributed by atoms with van der Waals surface area (Å²) in [5.74, 6) is 1.23. The molecular weight excluding hydrogens is 333 g/mol. The second kappa shape index (κ2) is 6.99. The maximum absolute atomic E-state index is 13.0. The molecule has 1 fully saturated rings. The van der Waals surface area contributed by atoms with Gasteiger partial charge in [0.25, 0.3) is 5.91 Å². The first-order valence-corrected chi connectivity index (χ1v) is 8.97. The Bertz CT molecular complexity index is 815. The zero-order valence-electron chi connectivity index (χ0n) is 14.8. The number of rotatable bonds is 3. The fourth-order valence-corrected chi connectivity index (χ4v) is 3.61. The van der Waals surface area contributed by atoms with Crippen LogP contribution in [-0.2, 0) is 13.0 Å². The Hall–Kier alpha value is -2.54. The number of piperazine rings is 1. The predicted molar refractivity (Wildman–Crippen MR) is 96.7 cm³/mol. The number of aromatic nitrogens is 2. The van der Waals surface area contributed by atoms with E-state index < -0.39 is 0 Å². The molecule has 0 spiro atoms. The summed E-state index contributed by atoms with van der Waals surface area (Å²) in [7, 11) is 0. The van der Waals surface area contributed by atoms with Crippen LogP contribution in [0.1, 0.15) is 27.4 Å². The Kier molecular flexibility index (Phi) is 4.55. The number of carbonyl (C=O) groups is 1. The second-order valence-electron chi connectivity index (χ2n) is 6.82. The average molecular weight is 355 g/mol. The third-order valence-electron chi connectivity index (χ3n) is 4.96. The van der Waals surface area contributed by atoms with Crippen molar-refractivity contribution in [3.63, 3.8) is 0 Å². The lowest BCUT2D eigenvalue weighted by Gasteiger charge is -2.37. The number of benzene rings is 1. The summed E-state index contributed by atoms with van der Waals surface area (Å²) in [5.41, 5.74) is 2.60. The van der Waals surface area contributed by atoms with Crippen LogP contribution in [0.15, 0.2) is 24.3 Å². The highest BCUT2D eigenvalue weighted by Gasteiger charge is 2.27. The van der Waals surface area contributed by atoms with Crippen LogP contribution in [0.25, 0.3) is 0 Å². The number of nitrogens with one attached hydrogen (secondary N) is 1. The van der Waals surface area contributed by atoms with Gasteiger partial charge in [-0.3, -0.25) is 9.69 Å². The molecule has 7 heteroatoms.